The number of hydrogen-bond acceptors (Lipinski definition) is 1. The molecular weight excluding hydrogens is 289 g/mol. The molecule has 1 saturated carbocycles. The summed E-state index contributed by atoms with van der Waals surface area (Å²) >= 11 is 0. The molecule has 1 aliphatic carbocycles. The van der Waals surface area contributed by atoms with Gasteiger partial charge in [0.25, 0.3) is 0 Å². The maximum atomic E-state index is 13.0. The highest BCUT2D eigenvalue weighted by atomic mass is 19.1. The minimum atomic E-state index is -0.234. The van der Waals surface area contributed by atoms with Crippen molar-refractivity contribution in [3.8, 4) is 0 Å². The average molecular weight is 311 g/mol. The lowest BCUT2D eigenvalue weighted by molar-refractivity contribution is -0.133. The second-order valence-corrected chi connectivity index (χ2v) is 6.54. The Bertz CT molecular complexity index is 693. The largest absolute Gasteiger partial charge is 0.339 e. The van der Waals surface area contributed by atoms with Crippen molar-refractivity contribution in [3.63, 3.8) is 0 Å². The number of aryl methyl sites for hydroxylation is 1. The molecule has 3 heteroatoms. The summed E-state index contributed by atoms with van der Waals surface area (Å²) in [4.78, 5) is 14.5. The van der Waals surface area contributed by atoms with E-state index in [0.717, 1.165) is 17.5 Å². The van der Waals surface area contributed by atoms with E-state index in [1.807, 2.05) is 11.9 Å². The number of hydrogen-bond donors (Lipinski definition) is 0. The molecule has 0 radical (unpaired) electrons. The highest BCUT2D eigenvalue weighted by Crippen LogP contribution is 2.49. The van der Waals surface area contributed by atoms with E-state index >= 15 is 0 Å². The Morgan fingerprint density at radius 2 is 1.74 bits per heavy atom. The number of nitrogens with zero attached hydrogens (tertiary/aromatic N) is 1. The topological polar surface area (TPSA) is 20.3 Å². The predicted molar refractivity (Wildman–Crippen MR) is 89.6 cm³/mol. The molecule has 0 saturated heterocycles. The van der Waals surface area contributed by atoms with Crippen molar-refractivity contribution >= 4 is 5.91 Å². The summed E-state index contributed by atoms with van der Waals surface area (Å²) in [6.07, 6.45) is 0.857. The minimum absolute atomic E-state index is 0.0263. The van der Waals surface area contributed by atoms with Crippen molar-refractivity contribution in [1.82, 2.24) is 4.90 Å². The van der Waals surface area contributed by atoms with Crippen molar-refractivity contribution in [3.05, 3.63) is 71.0 Å². The van der Waals surface area contributed by atoms with E-state index in [2.05, 4.69) is 38.1 Å². The number of carbonyl (C=O) groups is 1. The monoisotopic (exact) mass is 311 g/mol. The van der Waals surface area contributed by atoms with Gasteiger partial charge in [-0.05, 0) is 49.4 Å². The fourth-order valence-electron chi connectivity index (χ4n) is 3.07. The summed E-state index contributed by atoms with van der Waals surface area (Å²) < 4.78 is 13.0. The second-order valence-electron chi connectivity index (χ2n) is 6.54. The first kappa shape index (κ1) is 15.7. The summed E-state index contributed by atoms with van der Waals surface area (Å²) in [6.45, 7) is 4.11. The highest BCUT2D eigenvalue weighted by Gasteiger charge is 2.45. The standard InChI is InChI=1S/C20H22FNO/c1-13-4-6-15(7-5-13)14(2)22(3)20(23)19-12-18(19)16-8-10-17(21)11-9-16/h4-11,14,18-19H,12H2,1-3H3. The molecule has 1 aliphatic rings. The van der Waals surface area contributed by atoms with E-state index in [0.29, 0.717) is 0 Å². The lowest BCUT2D eigenvalue weighted by Gasteiger charge is -2.26. The van der Waals surface area contributed by atoms with Crippen LogP contribution in [0.4, 0.5) is 4.39 Å². The van der Waals surface area contributed by atoms with Gasteiger partial charge in [-0.15, -0.1) is 0 Å². The molecule has 2 aromatic rings. The number of amides is 1. The Balaban J connectivity index is 1.66. The van der Waals surface area contributed by atoms with Crippen molar-refractivity contribution < 1.29 is 9.18 Å². The summed E-state index contributed by atoms with van der Waals surface area (Å²) in [5.74, 6) is 0.198. The van der Waals surface area contributed by atoms with Crippen molar-refractivity contribution in [1.29, 1.82) is 0 Å². The third-order valence-corrected chi connectivity index (χ3v) is 4.89. The van der Waals surface area contributed by atoms with Crippen LogP contribution in [-0.4, -0.2) is 17.9 Å². The van der Waals surface area contributed by atoms with Crippen molar-refractivity contribution in [2.24, 2.45) is 5.92 Å². The smallest absolute Gasteiger partial charge is 0.226 e. The van der Waals surface area contributed by atoms with E-state index in [-0.39, 0.29) is 29.6 Å². The van der Waals surface area contributed by atoms with Crippen molar-refractivity contribution in [2.45, 2.75) is 32.2 Å². The molecule has 0 bridgehead atoms. The van der Waals surface area contributed by atoms with Crippen LogP contribution in [-0.2, 0) is 4.79 Å². The lowest BCUT2D eigenvalue weighted by atomic mass is 10.0. The van der Waals surface area contributed by atoms with Crippen LogP contribution in [0.15, 0.2) is 48.5 Å². The van der Waals surface area contributed by atoms with Gasteiger partial charge in [0.2, 0.25) is 5.91 Å². The van der Waals surface area contributed by atoms with Crippen LogP contribution in [0.2, 0.25) is 0 Å². The second kappa shape index (κ2) is 6.15. The highest BCUT2D eigenvalue weighted by molar-refractivity contribution is 5.83. The Morgan fingerprint density at radius 1 is 1.13 bits per heavy atom. The SMILES string of the molecule is Cc1ccc(C(C)N(C)C(=O)C2CC2c2ccc(F)cc2)cc1. The average Bonchev–Trinajstić information content (AvgIpc) is 3.35. The molecule has 3 rings (SSSR count). The van der Waals surface area contributed by atoms with E-state index < -0.39 is 0 Å². The van der Waals surface area contributed by atoms with Gasteiger partial charge in [-0.2, -0.15) is 0 Å². The molecule has 3 atom stereocenters. The van der Waals surface area contributed by atoms with Gasteiger partial charge in [-0.3, -0.25) is 4.79 Å². The van der Waals surface area contributed by atoms with Crippen LogP contribution in [0.5, 0.6) is 0 Å². The molecular formula is C20H22FNO. The van der Waals surface area contributed by atoms with Gasteiger partial charge in [0.05, 0.1) is 6.04 Å². The third-order valence-electron chi connectivity index (χ3n) is 4.89. The van der Waals surface area contributed by atoms with Crippen molar-refractivity contribution in [2.75, 3.05) is 7.05 Å². The quantitative estimate of drug-likeness (QED) is 0.816. The summed E-state index contributed by atoms with van der Waals surface area (Å²) in [5.41, 5.74) is 3.42. The summed E-state index contributed by atoms with van der Waals surface area (Å²) in [6, 6.07) is 14.9. The number of benzene rings is 2. The first-order valence-electron chi connectivity index (χ1n) is 8.06. The van der Waals surface area contributed by atoms with Gasteiger partial charge < -0.3 is 4.90 Å². The van der Waals surface area contributed by atoms with Gasteiger partial charge >= 0.3 is 0 Å². The Kier molecular flexibility index (Phi) is 4.20. The Morgan fingerprint density at radius 3 is 2.35 bits per heavy atom. The predicted octanol–water partition coefficient (Wildman–Crippen LogP) is 4.46. The summed E-state index contributed by atoms with van der Waals surface area (Å²) in [5, 5.41) is 0. The molecule has 0 N–H and O–H groups in total. The molecule has 2 nitrogen and oxygen atoms in total. The molecule has 23 heavy (non-hydrogen) atoms. The van der Waals surface area contributed by atoms with E-state index in [9.17, 15) is 9.18 Å². The maximum absolute atomic E-state index is 13.0. The zero-order valence-corrected chi connectivity index (χ0v) is 13.8. The van der Waals surface area contributed by atoms with Crippen LogP contribution in [0.25, 0.3) is 0 Å². The van der Waals surface area contributed by atoms with E-state index in [4.69, 9.17) is 0 Å². The molecule has 120 valence electrons. The lowest BCUT2D eigenvalue weighted by Crippen LogP contribution is -2.31. The fraction of sp³-hybridized carbons (Fsp3) is 0.350. The molecule has 0 spiro atoms. The van der Waals surface area contributed by atoms with E-state index in [1.165, 1.54) is 17.7 Å². The minimum Gasteiger partial charge on any atom is -0.339 e. The molecule has 2 aromatic carbocycles. The van der Waals surface area contributed by atoms with Gasteiger partial charge in [-0.25, -0.2) is 4.39 Å². The summed E-state index contributed by atoms with van der Waals surface area (Å²) in [7, 11) is 1.87. The molecule has 0 aromatic heterocycles. The number of carbonyl (C=O) groups excluding carboxylic acids is 1. The normalized spacial score (nSPS) is 20.9. The molecule has 1 amide bonds. The Hall–Kier alpha value is -2.16. The maximum Gasteiger partial charge on any atom is 0.226 e. The number of rotatable bonds is 4. The van der Waals surface area contributed by atoms with Gasteiger partial charge in [0.1, 0.15) is 5.82 Å². The van der Waals surface area contributed by atoms with Crippen LogP contribution in [0, 0.1) is 18.7 Å². The van der Waals surface area contributed by atoms with Crippen LogP contribution in [0.3, 0.4) is 0 Å². The number of halogens is 1. The first-order chi connectivity index (χ1) is 11.0. The third kappa shape index (κ3) is 3.29. The molecule has 0 aliphatic heterocycles. The molecule has 1 fully saturated rings. The molecule has 3 unspecified atom stereocenters. The van der Waals surface area contributed by atoms with Crippen LogP contribution >= 0.6 is 0 Å². The van der Waals surface area contributed by atoms with Gasteiger partial charge in [0, 0.05) is 13.0 Å². The van der Waals surface area contributed by atoms with Gasteiger partial charge in [0.15, 0.2) is 0 Å². The van der Waals surface area contributed by atoms with Gasteiger partial charge in [-0.1, -0.05) is 42.0 Å². The fourth-order valence-corrected chi connectivity index (χ4v) is 3.07. The van der Waals surface area contributed by atoms with Crippen LogP contribution < -0.4 is 0 Å². The van der Waals surface area contributed by atoms with Crippen LogP contribution in [0.1, 0.15) is 42.0 Å². The Labute approximate surface area is 136 Å². The zero-order valence-electron chi connectivity index (χ0n) is 13.8. The van der Waals surface area contributed by atoms with E-state index in [1.54, 1.807) is 12.1 Å². The first-order valence-corrected chi connectivity index (χ1v) is 8.06. The zero-order chi connectivity index (χ0) is 16.6. The molecule has 0 heterocycles.